The SMILES string of the molecule is CCC[C@H]1NC(=O)N(CC(=O)Nc2ccc(C(C)=O)cc2)C1=O. The van der Waals surface area contributed by atoms with Gasteiger partial charge in [-0.2, -0.15) is 0 Å². The molecular weight excluding hydrogens is 298 g/mol. The number of anilines is 1. The smallest absolute Gasteiger partial charge is 0.325 e. The molecule has 0 spiro atoms. The molecule has 4 amide bonds. The van der Waals surface area contributed by atoms with Crippen LogP contribution in [0.25, 0.3) is 0 Å². The van der Waals surface area contributed by atoms with Crippen molar-refractivity contribution in [2.24, 2.45) is 0 Å². The molecule has 1 atom stereocenters. The Morgan fingerprint density at radius 1 is 1.22 bits per heavy atom. The van der Waals surface area contributed by atoms with Gasteiger partial charge in [-0.25, -0.2) is 4.79 Å². The number of urea groups is 1. The van der Waals surface area contributed by atoms with Gasteiger partial charge in [0, 0.05) is 11.3 Å². The highest BCUT2D eigenvalue weighted by molar-refractivity contribution is 6.08. The van der Waals surface area contributed by atoms with Gasteiger partial charge in [0.05, 0.1) is 0 Å². The topological polar surface area (TPSA) is 95.6 Å². The first-order chi connectivity index (χ1) is 10.9. The summed E-state index contributed by atoms with van der Waals surface area (Å²) in [6.07, 6.45) is 1.31. The molecule has 0 radical (unpaired) electrons. The van der Waals surface area contributed by atoms with E-state index < -0.39 is 18.0 Å². The highest BCUT2D eigenvalue weighted by atomic mass is 16.2. The average molecular weight is 317 g/mol. The van der Waals surface area contributed by atoms with Gasteiger partial charge in [-0.05, 0) is 37.6 Å². The Balaban J connectivity index is 1.95. The van der Waals surface area contributed by atoms with Crippen LogP contribution in [0, 0.1) is 0 Å². The molecule has 2 rings (SSSR count). The number of rotatable bonds is 6. The maximum atomic E-state index is 12.0. The summed E-state index contributed by atoms with van der Waals surface area (Å²) in [5.41, 5.74) is 1.04. The zero-order chi connectivity index (χ0) is 17.0. The molecule has 7 heteroatoms. The van der Waals surface area contributed by atoms with Crippen LogP contribution in [-0.2, 0) is 9.59 Å². The monoisotopic (exact) mass is 317 g/mol. The Hall–Kier alpha value is -2.70. The van der Waals surface area contributed by atoms with Crippen molar-refractivity contribution in [2.45, 2.75) is 32.7 Å². The third-order valence-electron chi connectivity index (χ3n) is 3.56. The van der Waals surface area contributed by atoms with Crippen LogP contribution >= 0.6 is 0 Å². The fourth-order valence-electron chi connectivity index (χ4n) is 2.34. The maximum Gasteiger partial charge on any atom is 0.325 e. The molecule has 0 bridgehead atoms. The number of ketones is 1. The maximum absolute atomic E-state index is 12.0. The summed E-state index contributed by atoms with van der Waals surface area (Å²) in [4.78, 5) is 47.9. The molecule has 1 aliphatic heterocycles. The number of nitrogens with one attached hydrogen (secondary N) is 2. The summed E-state index contributed by atoms with van der Waals surface area (Å²) in [6.45, 7) is 3.04. The number of carbonyl (C=O) groups is 4. The molecule has 7 nitrogen and oxygen atoms in total. The van der Waals surface area contributed by atoms with Gasteiger partial charge in [-0.1, -0.05) is 13.3 Å². The molecule has 122 valence electrons. The van der Waals surface area contributed by atoms with E-state index in [1.54, 1.807) is 24.3 Å². The van der Waals surface area contributed by atoms with Crippen LogP contribution in [-0.4, -0.2) is 41.1 Å². The number of hydrogen-bond donors (Lipinski definition) is 2. The van der Waals surface area contributed by atoms with E-state index >= 15 is 0 Å². The quantitative estimate of drug-likeness (QED) is 0.614. The molecule has 23 heavy (non-hydrogen) atoms. The first-order valence-electron chi connectivity index (χ1n) is 7.45. The lowest BCUT2D eigenvalue weighted by Crippen LogP contribution is -2.38. The molecule has 0 aromatic heterocycles. The van der Waals surface area contributed by atoms with E-state index in [1.807, 2.05) is 6.92 Å². The summed E-state index contributed by atoms with van der Waals surface area (Å²) in [7, 11) is 0. The van der Waals surface area contributed by atoms with Crippen molar-refractivity contribution in [3.63, 3.8) is 0 Å². The molecule has 0 unspecified atom stereocenters. The molecular formula is C16H19N3O4. The van der Waals surface area contributed by atoms with E-state index in [1.165, 1.54) is 6.92 Å². The van der Waals surface area contributed by atoms with Gasteiger partial charge in [0.25, 0.3) is 5.91 Å². The second-order valence-electron chi connectivity index (χ2n) is 5.40. The van der Waals surface area contributed by atoms with Gasteiger partial charge in [0.1, 0.15) is 12.6 Å². The van der Waals surface area contributed by atoms with Gasteiger partial charge in [0.2, 0.25) is 5.91 Å². The molecule has 1 heterocycles. The number of amides is 4. The lowest BCUT2D eigenvalue weighted by atomic mass is 10.1. The molecule has 2 N–H and O–H groups in total. The van der Waals surface area contributed by atoms with E-state index in [2.05, 4.69) is 10.6 Å². The van der Waals surface area contributed by atoms with Crippen molar-refractivity contribution in [1.29, 1.82) is 0 Å². The lowest BCUT2D eigenvalue weighted by Gasteiger charge is -2.13. The highest BCUT2D eigenvalue weighted by Crippen LogP contribution is 2.13. The zero-order valence-corrected chi connectivity index (χ0v) is 13.1. The van der Waals surface area contributed by atoms with Gasteiger partial charge in [-0.3, -0.25) is 19.3 Å². The third-order valence-corrected chi connectivity index (χ3v) is 3.56. The second kappa shape index (κ2) is 7.04. The first kappa shape index (κ1) is 16.7. The normalized spacial score (nSPS) is 17.1. The van der Waals surface area contributed by atoms with Crippen molar-refractivity contribution >= 4 is 29.3 Å². The fraction of sp³-hybridized carbons (Fsp3) is 0.375. The van der Waals surface area contributed by atoms with Gasteiger partial charge < -0.3 is 10.6 Å². The van der Waals surface area contributed by atoms with E-state index in [0.717, 1.165) is 11.3 Å². The van der Waals surface area contributed by atoms with Crippen molar-refractivity contribution < 1.29 is 19.2 Å². The molecule has 1 aromatic rings. The number of imide groups is 1. The standard InChI is InChI=1S/C16H19N3O4/c1-3-4-13-15(22)19(16(23)18-13)9-14(21)17-12-7-5-11(6-8-12)10(2)20/h5-8,13H,3-4,9H2,1-2H3,(H,17,21)(H,18,23)/t13-/m1/s1. The predicted octanol–water partition coefficient (Wildman–Crippen LogP) is 1.55. The first-order valence-corrected chi connectivity index (χ1v) is 7.45. The predicted molar refractivity (Wildman–Crippen MR) is 84.0 cm³/mol. The van der Waals surface area contributed by atoms with Crippen LogP contribution in [0.5, 0.6) is 0 Å². The highest BCUT2D eigenvalue weighted by Gasteiger charge is 2.38. The number of Topliss-reactive ketones (excluding diaryl/α,β-unsaturated/α-hetero) is 1. The minimum absolute atomic E-state index is 0.0656. The Kier molecular flexibility index (Phi) is 5.10. The van der Waals surface area contributed by atoms with Crippen molar-refractivity contribution in [1.82, 2.24) is 10.2 Å². The molecule has 1 fully saturated rings. The van der Waals surface area contributed by atoms with Crippen molar-refractivity contribution in [3.05, 3.63) is 29.8 Å². The zero-order valence-electron chi connectivity index (χ0n) is 13.1. The van der Waals surface area contributed by atoms with Gasteiger partial charge >= 0.3 is 6.03 Å². The van der Waals surface area contributed by atoms with E-state index in [4.69, 9.17) is 0 Å². The Labute approximate surface area is 134 Å². The Morgan fingerprint density at radius 3 is 2.43 bits per heavy atom. The van der Waals surface area contributed by atoms with Gasteiger partial charge in [0.15, 0.2) is 5.78 Å². The summed E-state index contributed by atoms with van der Waals surface area (Å²) in [6, 6.07) is 5.30. The van der Waals surface area contributed by atoms with Crippen LogP contribution < -0.4 is 10.6 Å². The van der Waals surface area contributed by atoms with Crippen LogP contribution in [0.15, 0.2) is 24.3 Å². The minimum atomic E-state index is -0.546. The number of benzene rings is 1. The van der Waals surface area contributed by atoms with Crippen molar-refractivity contribution in [2.75, 3.05) is 11.9 Å². The summed E-state index contributed by atoms with van der Waals surface area (Å²) < 4.78 is 0. The third kappa shape index (κ3) is 3.94. The van der Waals surface area contributed by atoms with Crippen LogP contribution in [0.4, 0.5) is 10.5 Å². The molecule has 0 aliphatic carbocycles. The minimum Gasteiger partial charge on any atom is -0.326 e. The number of carbonyl (C=O) groups excluding carboxylic acids is 4. The lowest BCUT2D eigenvalue weighted by molar-refractivity contribution is -0.130. The van der Waals surface area contributed by atoms with Crippen LogP contribution in [0.3, 0.4) is 0 Å². The molecule has 1 saturated heterocycles. The van der Waals surface area contributed by atoms with Crippen molar-refractivity contribution in [3.8, 4) is 0 Å². The number of hydrogen-bond acceptors (Lipinski definition) is 4. The van der Waals surface area contributed by atoms with E-state index in [9.17, 15) is 19.2 Å². The summed E-state index contributed by atoms with van der Waals surface area (Å²) in [5.74, 6) is -0.913. The summed E-state index contributed by atoms with van der Waals surface area (Å²) >= 11 is 0. The van der Waals surface area contributed by atoms with E-state index in [-0.39, 0.29) is 18.2 Å². The largest absolute Gasteiger partial charge is 0.326 e. The second-order valence-corrected chi connectivity index (χ2v) is 5.40. The Morgan fingerprint density at radius 2 is 1.87 bits per heavy atom. The molecule has 1 aromatic carbocycles. The van der Waals surface area contributed by atoms with E-state index in [0.29, 0.717) is 17.7 Å². The number of nitrogens with zero attached hydrogens (tertiary/aromatic N) is 1. The van der Waals surface area contributed by atoms with Crippen LogP contribution in [0.2, 0.25) is 0 Å². The average Bonchev–Trinajstić information content (AvgIpc) is 2.76. The summed E-state index contributed by atoms with van der Waals surface area (Å²) in [5, 5.41) is 5.16. The fourth-order valence-corrected chi connectivity index (χ4v) is 2.34. The molecule has 1 aliphatic rings. The molecule has 0 saturated carbocycles. The van der Waals surface area contributed by atoms with Crippen LogP contribution in [0.1, 0.15) is 37.0 Å². The van der Waals surface area contributed by atoms with Gasteiger partial charge in [-0.15, -0.1) is 0 Å². The Bertz CT molecular complexity index is 639.